The molecule has 0 spiro atoms. The fourth-order valence-corrected chi connectivity index (χ4v) is 3.21. The zero-order valence-electron chi connectivity index (χ0n) is 12.6. The molecule has 2 aromatic heterocycles. The second-order valence-electron chi connectivity index (χ2n) is 6.05. The first-order chi connectivity index (χ1) is 11.2. The Morgan fingerprint density at radius 3 is 2.65 bits per heavy atom. The van der Waals surface area contributed by atoms with Crippen LogP contribution in [0.2, 0.25) is 0 Å². The predicted octanol–water partition coefficient (Wildman–Crippen LogP) is 3.60. The first-order valence-electron chi connectivity index (χ1n) is 7.98. The van der Waals surface area contributed by atoms with Gasteiger partial charge in [0.1, 0.15) is 11.0 Å². The minimum Gasteiger partial charge on any atom is -0.425 e. The van der Waals surface area contributed by atoms with Crippen LogP contribution < -0.4 is 10.7 Å². The van der Waals surface area contributed by atoms with Crippen LogP contribution in [0.3, 0.4) is 0 Å². The number of hydrogen-bond donors (Lipinski definition) is 1. The number of rotatable bonds is 2. The normalized spacial score (nSPS) is 16.0. The molecule has 0 saturated heterocycles. The fraction of sp³-hybridized carbons (Fsp3) is 0.333. The van der Waals surface area contributed by atoms with Crippen LogP contribution in [0.5, 0.6) is 0 Å². The lowest BCUT2D eigenvalue weighted by Gasteiger charge is -2.22. The third kappa shape index (κ3) is 2.52. The molecule has 2 heterocycles. The van der Waals surface area contributed by atoms with E-state index in [1.807, 2.05) is 0 Å². The summed E-state index contributed by atoms with van der Waals surface area (Å²) in [7, 11) is 0. The summed E-state index contributed by atoms with van der Waals surface area (Å²) in [5, 5.41) is 3.77. The summed E-state index contributed by atoms with van der Waals surface area (Å²) in [6, 6.07) is 8.65. The molecule has 1 N–H and O–H groups in total. The molecule has 1 aromatic carbocycles. The lowest BCUT2D eigenvalue weighted by molar-refractivity contribution is 0.0900. The number of fused-ring (bicyclic) bond motifs is 2. The molecule has 1 saturated carbocycles. The highest BCUT2D eigenvalue weighted by Crippen LogP contribution is 2.23. The Hall–Kier alpha value is -2.56. The molecule has 118 valence electrons. The van der Waals surface area contributed by atoms with Crippen LogP contribution in [-0.2, 0) is 0 Å². The van der Waals surface area contributed by atoms with E-state index in [0.717, 1.165) is 25.7 Å². The summed E-state index contributed by atoms with van der Waals surface area (Å²) in [4.78, 5) is 24.8. The van der Waals surface area contributed by atoms with Gasteiger partial charge in [0.15, 0.2) is 5.76 Å². The highest BCUT2D eigenvalue weighted by Gasteiger charge is 2.21. The molecule has 0 atom stereocenters. The molecule has 3 aromatic rings. The van der Waals surface area contributed by atoms with Gasteiger partial charge in [0.05, 0.1) is 5.39 Å². The van der Waals surface area contributed by atoms with Crippen molar-refractivity contribution in [1.82, 2.24) is 5.32 Å². The summed E-state index contributed by atoms with van der Waals surface area (Å²) < 4.78 is 11.1. The maximum Gasteiger partial charge on any atom is 0.302 e. The molecule has 5 heteroatoms. The lowest BCUT2D eigenvalue weighted by Crippen LogP contribution is -2.35. The van der Waals surface area contributed by atoms with Gasteiger partial charge in [-0.15, -0.1) is 0 Å². The van der Waals surface area contributed by atoms with Gasteiger partial charge in [-0.25, -0.2) is 0 Å². The van der Waals surface area contributed by atoms with Crippen molar-refractivity contribution in [2.45, 2.75) is 38.1 Å². The molecule has 1 aliphatic rings. The Labute approximate surface area is 132 Å². The molecule has 1 amide bonds. The number of amides is 1. The van der Waals surface area contributed by atoms with Gasteiger partial charge in [0.2, 0.25) is 5.43 Å². The smallest absolute Gasteiger partial charge is 0.302 e. The first kappa shape index (κ1) is 14.1. The van der Waals surface area contributed by atoms with Crippen molar-refractivity contribution in [3.63, 3.8) is 0 Å². The second-order valence-corrected chi connectivity index (χ2v) is 6.05. The van der Waals surface area contributed by atoms with E-state index in [4.69, 9.17) is 8.83 Å². The molecule has 5 nitrogen and oxygen atoms in total. The number of hydrogen-bond acceptors (Lipinski definition) is 4. The third-order valence-corrected chi connectivity index (χ3v) is 4.44. The highest BCUT2D eigenvalue weighted by atomic mass is 16.5. The van der Waals surface area contributed by atoms with E-state index in [2.05, 4.69) is 5.32 Å². The quantitative estimate of drug-likeness (QED) is 0.785. The van der Waals surface area contributed by atoms with Crippen LogP contribution in [0.15, 0.2) is 44.0 Å². The zero-order chi connectivity index (χ0) is 15.8. The Morgan fingerprint density at radius 1 is 1.04 bits per heavy atom. The summed E-state index contributed by atoms with van der Waals surface area (Å²) in [6.07, 6.45) is 5.48. The maximum atomic E-state index is 12.5. The van der Waals surface area contributed by atoms with Gasteiger partial charge in [-0.2, -0.15) is 0 Å². The molecular weight excluding hydrogens is 294 g/mol. The van der Waals surface area contributed by atoms with Crippen molar-refractivity contribution in [2.75, 3.05) is 0 Å². The number of para-hydroxylation sites is 1. The van der Waals surface area contributed by atoms with E-state index in [9.17, 15) is 9.59 Å². The first-order valence-corrected chi connectivity index (χ1v) is 7.98. The van der Waals surface area contributed by atoms with E-state index in [-0.39, 0.29) is 28.9 Å². The topological polar surface area (TPSA) is 72.5 Å². The van der Waals surface area contributed by atoms with Crippen molar-refractivity contribution in [3.8, 4) is 0 Å². The van der Waals surface area contributed by atoms with Gasteiger partial charge >= 0.3 is 5.78 Å². The summed E-state index contributed by atoms with van der Waals surface area (Å²) >= 11 is 0. The van der Waals surface area contributed by atoms with Crippen LogP contribution in [0.4, 0.5) is 0 Å². The Kier molecular flexibility index (Phi) is 3.41. The lowest BCUT2D eigenvalue weighted by atomic mass is 9.95. The number of furan rings is 1. The van der Waals surface area contributed by atoms with Crippen LogP contribution in [-0.4, -0.2) is 11.9 Å². The molecule has 23 heavy (non-hydrogen) atoms. The molecule has 0 aliphatic heterocycles. The van der Waals surface area contributed by atoms with Crippen molar-refractivity contribution in [1.29, 1.82) is 0 Å². The Bertz CT molecular complexity index is 931. The van der Waals surface area contributed by atoms with E-state index >= 15 is 0 Å². The van der Waals surface area contributed by atoms with Crippen molar-refractivity contribution in [3.05, 3.63) is 46.3 Å². The summed E-state index contributed by atoms with van der Waals surface area (Å²) in [5.41, 5.74) is 0.279. The van der Waals surface area contributed by atoms with Gasteiger partial charge in [-0.3, -0.25) is 9.59 Å². The van der Waals surface area contributed by atoms with E-state index in [0.29, 0.717) is 16.4 Å². The van der Waals surface area contributed by atoms with Gasteiger partial charge < -0.3 is 14.2 Å². The summed E-state index contributed by atoms with van der Waals surface area (Å²) in [5.74, 6) is -0.0593. The minimum atomic E-state index is -0.285. The van der Waals surface area contributed by atoms with E-state index in [1.165, 1.54) is 12.5 Å². The molecule has 0 radical (unpaired) electrons. The molecule has 0 bridgehead atoms. The number of nitrogens with one attached hydrogen (secondary N) is 1. The van der Waals surface area contributed by atoms with Gasteiger partial charge in [-0.05, 0) is 25.0 Å². The molecule has 4 rings (SSSR count). The van der Waals surface area contributed by atoms with Crippen molar-refractivity contribution < 1.29 is 13.6 Å². The van der Waals surface area contributed by atoms with Crippen molar-refractivity contribution >= 4 is 28.0 Å². The minimum absolute atomic E-state index is 0.0995. The summed E-state index contributed by atoms with van der Waals surface area (Å²) in [6.45, 7) is 0. The predicted molar refractivity (Wildman–Crippen MR) is 86.6 cm³/mol. The number of carbonyl (C=O) groups excluding carboxylic acids is 1. The van der Waals surface area contributed by atoms with E-state index in [1.54, 1.807) is 24.3 Å². The Morgan fingerprint density at radius 2 is 1.83 bits per heavy atom. The van der Waals surface area contributed by atoms with Crippen LogP contribution >= 0.6 is 0 Å². The maximum absolute atomic E-state index is 12.5. The number of carbonyl (C=O) groups is 1. The highest BCUT2D eigenvalue weighted by molar-refractivity contribution is 5.97. The van der Waals surface area contributed by atoms with Crippen molar-refractivity contribution in [2.24, 2.45) is 0 Å². The molecule has 0 unspecified atom stereocenters. The van der Waals surface area contributed by atoms with Gasteiger partial charge in [0.25, 0.3) is 5.91 Å². The SMILES string of the molecule is O=C(NC1CCCCC1)c1cc2c(=O)c3ccccc3oc2o1. The number of benzene rings is 1. The zero-order valence-corrected chi connectivity index (χ0v) is 12.6. The largest absolute Gasteiger partial charge is 0.425 e. The molecular formula is C18H17NO4. The average Bonchev–Trinajstić information content (AvgIpc) is 3.00. The average molecular weight is 311 g/mol. The molecule has 1 aliphatic carbocycles. The molecule has 1 fully saturated rings. The van der Waals surface area contributed by atoms with Crippen LogP contribution in [0, 0.1) is 0 Å². The van der Waals surface area contributed by atoms with Crippen LogP contribution in [0.1, 0.15) is 42.7 Å². The third-order valence-electron chi connectivity index (χ3n) is 4.44. The second kappa shape index (κ2) is 5.57. The van der Waals surface area contributed by atoms with Gasteiger partial charge in [0, 0.05) is 12.1 Å². The monoisotopic (exact) mass is 311 g/mol. The van der Waals surface area contributed by atoms with Crippen LogP contribution in [0.25, 0.3) is 22.1 Å². The fourth-order valence-electron chi connectivity index (χ4n) is 3.21. The standard InChI is InChI=1S/C18H17NO4/c20-16-12-8-4-5-9-14(12)22-18-13(16)10-15(23-18)17(21)19-11-6-2-1-3-7-11/h4-5,8-11H,1-3,6-7H2,(H,19,21). The Balaban J connectivity index is 1.70. The van der Waals surface area contributed by atoms with E-state index < -0.39 is 0 Å². The van der Waals surface area contributed by atoms with Gasteiger partial charge in [-0.1, -0.05) is 31.4 Å².